The van der Waals surface area contributed by atoms with Gasteiger partial charge in [0, 0.05) is 12.1 Å². The standard InChI is InChI=1S/C26H23N3O7/c1-14(16-5-9-19(25(33)34)22(30)12-16)29-24(32)20-11-17(6-10-21(20)28-26(29)35)23(31)27-13-15-3-7-18(36-2)8-4-15/h3-12,14,30H,13H2,1-2H3,(H,27,31)(H,28,35)(H,33,34). The number of phenols is 1. The summed E-state index contributed by atoms with van der Waals surface area (Å²) in [6, 6.07) is 14.6. The Morgan fingerprint density at radius 2 is 1.78 bits per heavy atom. The molecule has 0 aliphatic carbocycles. The van der Waals surface area contributed by atoms with Crippen LogP contribution in [0.2, 0.25) is 0 Å². The first-order valence-electron chi connectivity index (χ1n) is 11.0. The summed E-state index contributed by atoms with van der Waals surface area (Å²) in [7, 11) is 1.57. The van der Waals surface area contributed by atoms with E-state index < -0.39 is 34.9 Å². The van der Waals surface area contributed by atoms with E-state index in [-0.39, 0.29) is 28.6 Å². The lowest BCUT2D eigenvalue weighted by molar-refractivity contribution is 0.0693. The van der Waals surface area contributed by atoms with Crippen LogP contribution in [0.4, 0.5) is 0 Å². The Morgan fingerprint density at radius 3 is 2.42 bits per heavy atom. The number of carboxylic acids is 1. The predicted octanol–water partition coefficient (Wildman–Crippen LogP) is 2.64. The number of nitrogens with one attached hydrogen (secondary N) is 2. The molecule has 0 spiro atoms. The number of aromatic carboxylic acids is 1. The van der Waals surface area contributed by atoms with Crippen molar-refractivity contribution in [1.29, 1.82) is 0 Å². The number of carbonyl (C=O) groups excluding carboxylic acids is 1. The average Bonchev–Trinajstić information content (AvgIpc) is 2.87. The smallest absolute Gasteiger partial charge is 0.339 e. The second-order valence-corrected chi connectivity index (χ2v) is 8.15. The SMILES string of the molecule is COc1ccc(CNC(=O)c2ccc3[nH]c(=O)n(C(C)c4ccc(C(=O)O)c(O)c4)c(=O)c3c2)cc1. The first kappa shape index (κ1) is 24.3. The zero-order chi connectivity index (χ0) is 26.0. The molecule has 4 aromatic rings. The minimum Gasteiger partial charge on any atom is -0.507 e. The van der Waals surface area contributed by atoms with Crippen molar-refractivity contribution in [2.45, 2.75) is 19.5 Å². The molecule has 0 fully saturated rings. The normalized spacial score (nSPS) is 11.7. The Hall–Kier alpha value is -4.86. The number of fused-ring (bicyclic) bond motifs is 1. The summed E-state index contributed by atoms with van der Waals surface area (Å²) in [6.07, 6.45) is 0. The van der Waals surface area contributed by atoms with E-state index in [9.17, 15) is 24.3 Å². The molecule has 184 valence electrons. The van der Waals surface area contributed by atoms with Gasteiger partial charge >= 0.3 is 11.7 Å². The van der Waals surface area contributed by atoms with Crippen LogP contribution < -0.4 is 21.3 Å². The molecule has 0 radical (unpaired) electrons. The first-order chi connectivity index (χ1) is 17.2. The molecular weight excluding hydrogens is 466 g/mol. The van der Waals surface area contributed by atoms with E-state index in [1.165, 1.54) is 36.4 Å². The van der Waals surface area contributed by atoms with Crippen LogP contribution in [-0.2, 0) is 6.54 Å². The minimum absolute atomic E-state index is 0.130. The molecule has 4 rings (SSSR count). The summed E-state index contributed by atoms with van der Waals surface area (Å²) in [6.45, 7) is 1.84. The molecule has 10 nitrogen and oxygen atoms in total. The summed E-state index contributed by atoms with van der Waals surface area (Å²) in [5.41, 5.74) is 0.120. The predicted molar refractivity (Wildman–Crippen MR) is 132 cm³/mol. The lowest BCUT2D eigenvalue weighted by Crippen LogP contribution is -2.37. The highest BCUT2D eigenvalue weighted by Crippen LogP contribution is 2.24. The van der Waals surface area contributed by atoms with Crippen LogP contribution in [0.3, 0.4) is 0 Å². The summed E-state index contributed by atoms with van der Waals surface area (Å²) < 4.78 is 6.07. The van der Waals surface area contributed by atoms with Crippen molar-refractivity contribution < 1.29 is 24.5 Å². The summed E-state index contributed by atoms with van der Waals surface area (Å²) in [5, 5.41) is 22.1. The Labute approximate surface area is 204 Å². The van der Waals surface area contributed by atoms with Gasteiger partial charge in [-0.3, -0.25) is 14.2 Å². The van der Waals surface area contributed by atoms with Crippen molar-refractivity contribution in [3.8, 4) is 11.5 Å². The number of amides is 1. The van der Waals surface area contributed by atoms with Gasteiger partial charge in [0.05, 0.1) is 24.1 Å². The van der Waals surface area contributed by atoms with Crippen molar-refractivity contribution in [3.63, 3.8) is 0 Å². The molecule has 0 aliphatic rings. The van der Waals surface area contributed by atoms with E-state index in [4.69, 9.17) is 9.84 Å². The van der Waals surface area contributed by atoms with Gasteiger partial charge in [-0.2, -0.15) is 0 Å². The molecule has 36 heavy (non-hydrogen) atoms. The number of H-pyrrole nitrogens is 1. The molecule has 0 saturated carbocycles. The van der Waals surface area contributed by atoms with E-state index in [2.05, 4.69) is 10.3 Å². The maximum Gasteiger partial charge on any atom is 0.339 e. The Morgan fingerprint density at radius 1 is 1.06 bits per heavy atom. The highest BCUT2D eigenvalue weighted by molar-refractivity contribution is 5.97. The molecule has 1 unspecified atom stereocenters. The zero-order valence-electron chi connectivity index (χ0n) is 19.4. The second-order valence-electron chi connectivity index (χ2n) is 8.15. The van der Waals surface area contributed by atoms with Crippen LogP contribution in [0.15, 0.2) is 70.3 Å². The van der Waals surface area contributed by atoms with Crippen molar-refractivity contribution >= 4 is 22.8 Å². The van der Waals surface area contributed by atoms with E-state index in [1.54, 1.807) is 26.2 Å². The molecule has 1 aromatic heterocycles. The highest BCUT2D eigenvalue weighted by atomic mass is 16.5. The zero-order valence-corrected chi connectivity index (χ0v) is 19.4. The van der Waals surface area contributed by atoms with Gasteiger partial charge < -0.3 is 25.3 Å². The van der Waals surface area contributed by atoms with Gasteiger partial charge in [-0.1, -0.05) is 18.2 Å². The quantitative estimate of drug-likeness (QED) is 0.312. The van der Waals surface area contributed by atoms with Gasteiger partial charge in [0.2, 0.25) is 0 Å². The molecule has 0 bridgehead atoms. The number of benzene rings is 3. The number of aromatic amines is 1. The third-order valence-electron chi connectivity index (χ3n) is 5.93. The van der Waals surface area contributed by atoms with E-state index in [0.29, 0.717) is 11.3 Å². The van der Waals surface area contributed by atoms with Crippen LogP contribution >= 0.6 is 0 Å². The number of hydrogen-bond acceptors (Lipinski definition) is 6. The number of methoxy groups -OCH3 is 1. The van der Waals surface area contributed by atoms with E-state index >= 15 is 0 Å². The number of ether oxygens (including phenoxy) is 1. The number of nitrogens with zero attached hydrogens (tertiary/aromatic N) is 1. The molecule has 0 saturated heterocycles. The maximum atomic E-state index is 13.3. The fourth-order valence-electron chi connectivity index (χ4n) is 3.89. The molecule has 1 atom stereocenters. The third-order valence-corrected chi connectivity index (χ3v) is 5.93. The van der Waals surface area contributed by atoms with Gasteiger partial charge in [-0.05, 0) is 60.5 Å². The summed E-state index contributed by atoms with van der Waals surface area (Å²) >= 11 is 0. The molecule has 10 heteroatoms. The lowest BCUT2D eigenvalue weighted by atomic mass is 10.0. The fourth-order valence-corrected chi connectivity index (χ4v) is 3.89. The van der Waals surface area contributed by atoms with Gasteiger partial charge in [0.25, 0.3) is 11.5 Å². The van der Waals surface area contributed by atoms with E-state index in [0.717, 1.165) is 10.1 Å². The molecule has 1 amide bonds. The largest absolute Gasteiger partial charge is 0.507 e. The van der Waals surface area contributed by atoms with Gasteiger partial charge in [0.15, 0.2) is 0 Å². The van der Waals surface area contributed by atoms with Crippen LogP contribution in [0.1, 0.15) is 44.8 Å². The molecule has 0 aliphatic heterocycles. The number of carboxylic acid groups (broad SMARTS) is 1. The van der Waals surface area contributed by atoms with Gasteiger partial charge in [0.1, 0.15) is 17.1 Å². The van der Waals surface area contributed by atoms with Gasteiger partial charge in [-0.15, -0.1) is 0 Å². The monoisotopic (exact) mass is 489 g/mol. The summed E-state index contributed by atoms with van der Waals surface area (Å²) in [5.74, 6) is -1.47. The number of aromatic nitrogens is 2. The van der Waals surface area contributed by atoms with Crippen LogP contribution in [0, 0.1) is 0 Å². The Kier molecular flexibility index (Phi) is 6.60. The Balaban J connectivity index is 1.64. The van der Waals surface area contributed by atoms with Crippen LogP contribution in [-0.4, -0.2) is 38.8 Å². The summed E-state index contributed by atoms with van der Waals surface area (Å²) in [4.78, 5) is 52.5. The number of carbonyl (C=O) groups is 2. The number of hydrogen-bond donors (Lipinski definition) is 4. The molecular formula is C26H23N3O7. The van der Waals surface area contributed by atoms with Crippen molar-refractivity contribution in [2.24, 2.45) is 0 Å². The molecule has 3 aromatic carbocycles. The topological polar surface area (TPSA) is 151 Å². The Bertz CT molecular complexity index is 1590. The van der Waals surface area contributed by atoms with Gasteiger partial charge in [-0.25, -0.2) is 9.59 Å². The van der Waals surface area contributed by atoms with Crippen molar-refractivity contribution in [1.82, 2.24) is 14.9 Å². The first-order valence-corrected chi connectivity index (χ1v) is 11.0. The maximum absolute atomic E-state index is 13.3. The van der Waals surface area contributed by atoms with Crippen LogP contribution in [0.25, 0.3) is 10.9 Å². The van der Waals surface area contributed by atoms with Crippen molar-refractivity contribution in [2.75, 3.05) is 7.11 Å². The fraction of sp³-hybridized carbons (Fsp3) is 0.154. The lowest BCUT2D eigenvalue weighted by Gasteiger charge is -2.16. The second kappa shape index (κ2) is 9.79. The van der Waals surface area contributed by atoms with Crippen molar-refractivity contribution in [3.05, 3.63) is 104 Å². The molecule has 4 N–H and O–H groups in total. The minimum atomic E-state index is -1.30. The third kappa shape index (κ3) is 4.69. The van der Waals surface area contributed by atoms with E-state index in [1.807, 2.05) is 12.1 Å². The number of aromatic hydroxyl groups is 1. The number of rotatable bonds is 7. The molecule has 1 heterocycles. The average molecular weight is 489 g/mol. The van der Waals surface area contributed by atoms with Crippen LogP contribution in [0.5, 0.6) is 11.5 Å². The highest BCUT2D eigenvalue weighted by Gasteiger charge is 2.19.